The number of aliphatic hydroxyl groups excluding tert-OH is 1. The van der Waals surface area contributed by atoms with Crippen LogP contribution in [0, 0.1) is 0 Å². The third-order valence-corrected chi connectivity index (χ3v) is 2.59. The smallest absolute Gasteiger partial charge is 0.241 e. The fourth-order valence-electron chi connectivity index (χ4n) is 1.45. The van der Waals surface area contributed by atoms with Gasteiger partial charge in [-0.1, -0.05) is 19.1 Å². The summed E-state index contributed by atoms with van der Waals surface area (Å²) in [4.78, 5) is 11.7. The lowest BCUT2D eigenvalue weighted by atomic mass is 10.1. The van der Waals surface area contributed by atoms with Gasteiger partial charge in [0.25, 0.3) is 0 Å². The van der Waals surface area contributed by atoms with Gasteiger partial charge in [0.2, 0.25) is 5.91 Å². The molecule has 0 saturated carbocycles. The molecule has 1 atom stereocenters. The van der Waals surface area contributed by atoms with Crippen LogP contribution in [0.3, 0.4) is 0 Å². The van der Waals surface area contributed by atoms with Gasteiger partial charge in [0, 0.05) is 12.2 Å². The summed E-state index contributed by atoms with van der Waals surface area (Å²) < 4.78 is 0. The number of benzene rings is 1. The molecule has 4 heteroatoms. The standard InChI is InChI=1S/C13H20N2O2/c1-3-11-4-6-12(7-5-11)15-13(17)10(2)14-8-9-16/h4-7,10,14,16H,3,8-9H2,1-2H3,(H,15,17). The van der Waals surface area contributed by atoms with Crippen molar-refractivity contribution in [1.82, 2.24) is 5.32 Å². The van der Waals surface area contributed by atoms with Gasteiger partial charge in [-0.05, 0) is 31.0 Å². The van der Waals surface area contributed by atoms with E-state index in [1.54, 1.807) is 6.92 Å². The van der Waals surface area contributed by atoms with Crippen LogP contribution in [0.2, 0.25) is 0 Å². The number of aryl methyl sites for hydroxylation is 1. The summed E-state index contributed by atoms with van der Waals surface area (Å²) in [6, 6.07) is 7.49. The zero-order valence-electron chi connectivity index (χ0n) is 10.4. The summed E-state index contributed by atoms with van der Waals surface area (Å²) in [5.74, 6) is -0.0947. The minimum atomic E-state index is -0.312. The number of carbonyl (C=O) groups excluding carboxylic acids is 1. The largest absolute Gasteiger partial charge is 0.395 e. The number of nitrogens with one attached hydrogen (secondary N) is 2. The van der Waals surface area contributed by atoms with Gasteiger partial charge in [-0.3, -0.25) is 4.79 Å². The van der Waals surface area contributed by atoms with Gasteiger partial charge in [0.05, 0.1) is 12.6 Å². The Balaban J connectivity index is 2.49. The van der Waals surface area contributed by atoms with Gasteiger partial charge in [-0.15, -0.1) is 0 Å². The maximum atomic E-state index is 11.7. The molecule has 0 heterocycles. The van der Waals surface area contributed by atoms with Crippen LogP contribution in [-0.4, -0.2) is 30.2 Å². The first-order chi connectivity index (χ1) is 8.17. The lowest BCUT2D eigenvalue weighted by molar-refractivity contribution is -0.117. The molecule has 1 aromatic carbocycles. The Morgan fingerprint density at radius 1 is 1.35 bits per heavy atom. The van der Waals surface area contributed by atoms with Crippen molar-refractivity contribution in [2.45, 2.75) is 26.3 Å². The van der Waals surface area contributed by atoms with Crippen LogP contribution in [0.25, 0.3) is 0 Å². The molecule has 0 spiro atoms. The molecule has 0 saturated heterocycles. The first-order valence-corrected chi connectivity index (χ1v) is 5.91. The summed E-state index contributed by atoms with van der Waals surface area (Å²) in [5.41, 5.74) is 2.04. The third-order valence-electron chi connectivity index (χ3n) is 2.59. The molecule has 1 rings (SSSR count). The van der Waals surface area contributed by atoms with Crippen molar-refractivity contribution in [3.8, 4) is 0 Å². The number of aliphatic hydroxyl groups is 1. The summed E-state index contributed by atoms with van der Waals surface area (Å²) in [7, 11) is 0. The van der Waals surface area contributed by atoms with E-state index in [9.17, 15) is 4.79 Å². The average Bonchev–Trinajstić information content (AvgIpc) is 2.36. The predicted octanol–water partition coefficient (Wildman–Crippen LogP) is 1.16. The molecule has 3 N–H and O–H groups in total. The zero-order valence-corrected chi connectivity index (χ0v) is 10.4. The highest BCUT2D eigenvalue weighted by molar-refractivity contribution is 5.94. The second kappa shape index (κ2) is 7.04. The molecule has 0 aliphatic heterocycles. The van der Waals surface area contributed by atoms with E-state index < -0.39 is 0 Å². The Labute approximate surface area is 102 Å². The van der Waals surface area contributed by atoms with Crippen LogP contribution >= 0.6 is 0 Å². The molecule has 0 aliphatic rings. The normalized spacial score (nSPS) is 12.2. The number of hydrogen-bond acceptors (Lipinski definition) is 3. The van der Waals surface area contributed by atoms with E-state index in [0.717, 1.165) is 12.1 Å². The van der Waals surface area contributed by atoms with E-state index in [-0.39, 0.29) is 18.6 Å². The molecule has 0 radical (unpaired) electrons. The second-order valence-corrected chi connectivity index (χ2v) is 3.94. The van der Waals surface area contributed by atoms with E-state index in [1.807, 2.05) is 24.3 Å². The van der Waals surface area contributed by atoms with Gasteiger partial charge in [0.1, 0.15) is 0 Å². The molecule has 17 heavy (non-hydrogen) atoms. The van der Waals surface area contributed by atoms with E-state index in [2.05, 4.69) is 17.6 Å². The molecule has 0 aromatic heterocycles. The topological polar surface area (TPSA) is 61.4 Å². The van der Waals surface area contributed by atoms with Gasteiger partial charge >= 0.3 is 0 Å². The summed E-state index contributed by atoms with van der Waals surface area (Å²) >= 11 is 0. The Morgan fingerprint density at radius 2 is 2.00 bits per heavy atom. The first kappa shape index (κ1) is 13.7. The van der Waals surface area contributed by atoms with E-state index in [4.69, 9.17) is 5.11 Å². The highest BCUT2D eigenvalue weighted by atomic mass is 16.3. The second-order valence-electron chi connectivity index (χ2n) is 3.94. The van der Waals surface area contributed by atoms with Crippen LogP contribution in [0.4, 0.5) is 5.69 Å². The molecule has 1 unspecified atom stereocenters. The van der Waals surface area contributed by atoms with Crippen molar-refractivity contribution in [2.24, 2.45) is 0 Å². The molecule has 0 aliphatic carbocycles. The van der Waals surface area contributed by atoms with Crippen LogP contribution in [0.15, 0.2) is 24.3 Å². The van der Waals surface area contributed by atoms with E-state index in [0.29, 0.717) is 6.54 Å². The quantitative estimate of drug-likeness (QED) is 0.694. The molecular weight excluding hydrogens is 216 g/mol. The van der Waals surface area contributed by atoms with E-state index >= 15 is 0 Å². The highest BCUT2D eigenvalue weighted by Crippen LogP contribution is 2.10. The number of rotatable bonds is 6. The third kappa shape index (κ3) is 4.54. The summed E-state index contributed by atoms with van der Waals surface area (Å²) in [5, 5.41) is 14.4. The Kier molecular flexibility index (Phi) is 5.66. The maximum Gasteiger partial charge on any atom is 0.241 e. The molecular formula is C13H20N2O2. The van der Waals surface area contributed by atoms with Gasteiger partial charge in [-0.25, -0.2) is 0 Å². The van der Waals surface area contributed by atoms with E-state index in [1.165, 1.54) is 5.56 Å². The number of anilines is 1. The maximum absolute atomic E-state index is 11.7. The summed E-state index contributed by atoms with van der Waals surface area (Å²) in [6.07, 6.45) is 0.989. The lowest BCUT2D eigenvalue weighted by Crippen LogP contribution is -2.39. The predicted molar refractivity (Wildman–Crippen MR) is 69.0 cm³/mol. The van der Waals surface area contributed by atoms with Crippen molar-refractivity contribution >= 4 is 11.6 Å². The SMILES string of the molecule is CCc1ccc(NC(=O)C(C)NCCO)cc1. The van der Waals surface area contributed by atoms with Crippen molar-refractivity contribution in [3.63, 3.8) is 0 Å². The minimum absolute atomic E-state index is 0.0306. The van der Waals surface area contributed by atoms with Crippen molar-refractivity contribution in [1.29, 1.82) is 0 Å². The Hall–Kier alpha value is -1.39. The van der Waals surface area contributed by atoms with Crippen LogP contribution < -0.4 is 10.6 Å². The van der Waals surface area contributed by atoms with Crippen LogP contribution in [-0.2, 0) is 11.2 Å². The molecule has 94 valence electrons. The van der Waals surface area contributed by atoms with Crippen LogP contribution in [0.1, 0.15) is 19.4 Å². The number of carbonyl (C=O) groups is 1. The number of hydrogen-bond donors (Lipinski definition) is 3. The van der Waals surface area contributed by atoms with Gasteiger partial charge in [-0.2, -0.15) is 0 Å². The zero-order chi connectivity index (χ0) is 12.7. The van der Waals surface area contributed by atoms with Crippen molar-refractivity contribution in [2.75, 3.05) is 18.5 Å². The number of amides is 1. The molecule has 1 amide bonds. The monoisotopic (exact) mass is 236 g/mol. The van der Waals surface area contributed by atoms with Crippen molar-refractivity contribution in [3.05, 3.63) is 29.8 Å². The molecule has 4 nitrogen and oxygen atoms in total. The lowest BCUT2D eigenvalue weighted by Gasteiger charge is -2.13. The highest BCUT2D eigenvalue weighted by Gasteiger charge is 2.11. The van der Waals surface area contributed by atoms with Crippen LogP contribution in [0.5, 0.6) is 0 Å². The fraction of sp³-hybridized carbons (Fsp3) is 0.462. The average molecular weight is 236 g/mol. The van der Waals surface area contributed by atoms with Gasteiger partial charge < -0.3 is 15.7 Å². The first-order valence-electron chi connectivity index (χ1n) is 5.91. The molecule has 0 fully saturated rings. The Morgan fingerprint density at radius 3 is 2.53 bits per heavy atom. The summed E-state index contributed by atoms with van der Waals surface area (Å²) in [6.45, 7) is 4.31. The van der Waals surface area contributed by atoms with Crippen molar-refractivity contribution < 1.29 is 9.90 Å². The molecule has 1 aromatic rings. The molecule has 0 bridgehead atoms. The minimum Gasteiger partial charge on any atom is -0.395 e. The van der Waals surface area contributed by atoms with Gasteiger partial charge in [0.15, 0.2) is 0 Å². The fourth-order valence-corrected chi connectivity index (χ4v) is 1.45. The Bertz CT molecular complexity index is 349.